The van der Waals surface area contributed by atoms with Crippen molar-refractivity contribution >= 4 is 35.0 Å². The number of hydrogen-bond acceptors (Lipinski definition) is 8. The summed E-state index contributed by atoms with van der Waals surface area (Å²) in [6, 6.07) is 16.2. The van der Waals surface area contributed by atoms with Crippen LogP contribution >= 0.6 is 11.8 Å². The van der Waals surface area contributed by atoms with Crippen molar-refractivity contribution in [3.05, 3.63) is 83.3 Å². The minimum atomic E-state index is -1.03. The number of benzene rings is 2. The van der Waals surface area contributed by atoms with Gasteiger partial charge in [0.25, 0.3) is 0 Å². The number of imidazole rings is 1. The lowest BCUT2D eigenvalue weighted by molar-refractivity contribution is 0.0499. The van der Waals surface area contributed by atoms with E-state index in [1.165, 1.54) is 23.9 Å². The van der Waals surface area contributed by atoms with Crippen molar-refractivity contribution in [2.45, 2.75) is 62.3 Å². The normalized spacial score (nSPS) is 20.5. The minimum absolute atomic E-state index is 0.189. The Balaban J connectivity index is 1.13. The molecule has 4 heterocycles. The number of fused-ring (bicyclic) bond motifs is 1. The van der Waals surface area contributed by atoms with Crippen molar-refractivity contribution in [3.8, 4) is 0 Å². The van der Waals surface area contributed by atoms with Crippen LogP contribution in [0.5, 0.6) is 0 Å². The summed E-state index contributed by atoms with van der Waals surface area (Å²) in [5.74, 6) is 0.804. The lowest BCUT2D eigenvalue weighted by Crippen LogP contribution is -2.27. The molecule has 6 rings (SSSR count). The van der Waals surface area contributed by atoms with Crippen LogP contribution in [0, 0.1) is 5.82 Å². The number of carbonyl (C=O) groups is 1. The number of unbranched alkanes of at least 4 members (excludes halogenated alkanes) is 1. The number of esters is 1. The van der Waals surface area contributed by atoms with Crippen LogP contribution in [0.1, 0.15) is 60.1 Å². The molecule has 2 fully saturated rings. The maximum atomic E-state index is 14.8. The summed E-state index contributed by atoms with van der Waals surface area (Å²) >= 11 is 1.47. The van der Waals surface area contributed by atoms with Crippen molar-refractivity contribution < 1.29 is 18.3 Å². The standard InChI is InChI=1S/C33H38F2N6O2S/c1-3-4-12-43-33(42)23-7-5-6-22(13-23)19-39-11-10-27(21-39)37-32-18-36-30-8-9-31(38-41(30)32)40-20-26(35)17-29(40)24-14-25(34)16-28(15-24)44-2/h5-9,13-16,18,26-27,29,37H,3-4,10-12,17,19-21H2,1-2H3. The summed E-state index contributed by atoms with van der Waals surface area (Å²) in [4.78, 5) is 22.0. The quantitative estimate of drug-likeness (QED) is 0.115. The molecule has 0 radical (unpaired) electrons. The summed E-state index contributed by atoms with van der Waals surface area (Å²) in [5.41, 5.74) is 3.11. The Bertz CT molecular complexity index is 1620. The smallest absolute Gasteiger partial charge is 0.338 e. The Kier molecular flexibility index (Phi) is 9.32. The van der Waals surface area contributed by atoms with Gasteiger partial charge in [0.15, 0.2) is 5.65 Å². The van der Waals surface area contributed by atoms with Gasteiger partial charge in [-0.2, -0.15) is 4.52 Å². The van der Waals surface area contributed by atoms with E-state index in [0.29, 0.717) is 23.6 Å². The zero-order valence-electron chi connectivity index (χ0n) is 25.1. The third-order valence-corrected chi connectivity index (χ3v) is 9.04. The molecule has 0 aliphatic carbocycles. The summed E-state index contributed by atoms with van der Waals surface area (Å²) in [7, 11) is 0. The van der Waals surface area contributed by atoms with Crippen LogP contribution in [0.4, 0.5) is 20.4 Å². The number of ether oxygens (including phenoxy) is 1. The van der Waals surface area contributed by atoms with Gasteiger partial charge in [-0.05, 0) is 72.7 Å². The van der Waals surface area contributed by atoms with Gasteiger partial charge in [-0.25, -0.2) is 18.6 Å². The molecule has 8 nitrogen and oxygen atoms in total. The fourth-order valence-corrected chi connectivity index (χ4v) is 6.60. The number of nitrogens with one attached hydrogen (secondary N) is 1. The Morgan fingerprint density at radius 1 is 1.16 bits per heavy atom. The van der Waals surface area contributed by atoms with E-state index in [0.717, 1.165) is 60.7 Å². The van der Waals surface area contributed by atoms with E-state index in [-0.39, 0.29) is 36.8 Å². The molecule has 0 saturated carbocycles. The van der Waals surface area contributed by atoms with E-state index in [2.05, 4.69) is 22.1 Å². The highest BCUT2D eigenvalue weighted by atomic mass is 32.2. The molecule has 44 heavy (non-hydrogen) atoms. The lowest BCUT2D eigenvalue weighted by atomic mass is 10.0. The van der Waals surface area contributed by atoms with Gasteiger partial charge in [-0.3, -0.25) is 4.90 Å². The van der Waals surface area contributed by atoms with Gasteiger partial charge >= 0.3 is 5.97 Å². The second-order valence-electron chi connectivity index (χ2n) is 11.6. The molecule has 2 aromatic carbocycles. The summed E-state index contributed by atoms with van der Waals surface area (Å²) in [6.07, 6.45) is 5.73. The van der Waals surface area contributed by atoms with Crippen LogP contribution in [0.15, 0.2) is 65.7 Å². The second-order valence-corrected chi connectivity index (χ2v) is 12.5. The van der Waals surface area contributed by atoms with Gasteiger partial charge in [0.1, 0.15) is 23.6 Å². The van der Waals surface area contributed by atoms with Crippen molar-refractivity contribution in [1.82, 2.24) is 19.5 Å². The number of likely N-dealkylation sites (tertiary alicyclic amines) is 1. The number of nitrogens with zero attached hydrogens (tertiary/aromatic N) is 5. The molecule has 1 N–H and O–H groups in total. The third kappa shape index (κ3) is 6.83. The first-order valence-electron chi connectivity index (χ1n) is 15.2. The first kappa shape index (κ1) is 30.3. The van der Waals surface area contributed by atoms with Crippen molar-refractivity contribution in [3.63, 3.8) is 0 Å². The first-order chi connectivity index (χ1) is 21.4. The zero-order chi connectivity index (χ0) is 30.6. The number of anilines is 2. The molecule has 11 heteroatoms. The number of thioether (sulfide) groups is 1. The van der Waals surface area contributed by atoms with Crippen molar-refractivity contribution in [2.24, 2.45) is 0 Å². The number of halogens is 2. The molecule has 2 aromatic heterocycles. The van der Waals surface area contributed by atoms with Crippen LogP contribution in [0.2, 0.25) is 0 Å². The van der Waals surface area contributed by atoms with Gasteiger partial charge < -0.3 is 15.0 Å². The third-order valence-electron chi connectivity index (χ3n) is 8.33. The average Bonchev–Trinajstić information content (AvgIpc) is 3.75. The first-order valence-corrected chi connectivity index (χ1v) is 16.5. The Hall–Kier alpha value is -3.70. The van der Waals surface area contributed by atoms with E-state index in [1.54, 1.807) is 16.8 Å². The molecule has 3 atom stereocenters. The molecule has 232 valence electrons. The van der Waals surface area contributed by atoms with Crippen LogP contribution in [0.3, 0.4) is 0 Å². The molecule has 4 aromatic rings. The minimum Gasteiger partial charge on any atom is -0.462 e. The summed E-state index contributed by atoms with van der Waals surface area (Å²) in [5, 5.41) is 8.48. The lowest BCUT2D eigenvalue weighted by Gasteiger charge is -2.26. The molecule has 0 amide bonds. The molecular weight excluding hydrogens is 582 g/mol. The van der Waals surface area contributed by atoms with Crippen molar-refractivity contribution in [2.75, 3.05) is 42.7 Å². The Morgan fingerprint density at radius 3 is 2.89 bits per heavy atom. The van der Waals surface area contributed by atoms with Gasteiger partial charge in [-0.1, -0.05) is 25.5 Å². The fraction of sp³-hybridized carbons (Fsp3) is 0.424. The molecule has 0 bridgehead atoms. The number of alkyl halides is 1. The highest BCUT2D eigenvalue weighted by molar-refractivity contribution is 7.98. The molecule has 2 saturated heterocycles. The molecule has 2 aliphatic rings. The largest absolute Gasteiger partial charge is 0.462 e. The maximum Gasteiger partial charge on any atom is 0.338 e. The SMILES string of the molecule is CCCCOC(=O)c1cccc(CN2CCC(Nc3cnc4ccc(N5CC(F)CC5c5cc(F)cc(SC)c5)nn34)C2)c1. The highest BCUT2D eigenvalue weighted by Gasteiger charge is 2.35. The van der Waals surface area contributed by atoms with Gasteiger partial charge in [0.2, 0.25) is 0 Å². The van der Waals surface area contributed by atoms with E-state index in [4.69, 9.17) is 9.84 Å². The summed E-state index contributed by atoms with van der Waals surface area (Å²) < 4.78 is 36.3. The van der Waals surface area contributed by atoms with E-state index < -0.39 is 6.17 Å². The van der Waals surface area contributed by atoms with E-state index >= 15 is 0 Å². The van der Waals surface area contributed by atoms with Crippen LogP contribution in [0.25, 0.3) is 5.65 Å². The highest BCUT2D eigenvalue weighted by Crippen LogP contribution is 2.38. The summed E-state index contributed by atoms with van der Waals surface area (Å²) in [6.45, 7) is 5.19. The van der Waals surface area contributed by atoms with E-state index in [1.807, 2.05) is 47.6 Å². The predicted molar refractivity (Wildman–Crippen MR) is 170 cm³/mol. The van der Waals surface area contributed by atoms with Crippen LogP contribution in [-0.4, -0.2) is 70.2 Å². The maximum absolute atomic E-state index is 14.8. The van der Waals surface area contributed by atoms with Crippen molar-refractivity contribution in [1.29, 1.82) is 0 Å². The van der Waals surface area contributed by atoms with Crippen LogP contribution in [-0.2, 0) is 11.3 Å². The van der Waals surface area contributed by atoms with Gasteiger partial charge in [-0.15, -0.1) is 16.9 Å². The number of aromatic nitrogens is 3. The molecule has 3 unspecified atom stereocenters. The number of hydrogen-bond donors (Lipinski definition) is 1. The number of rotatable bonds is 11. The number of carbonyl (C=O) groups excluding carboxylic acids is 1. The monoisotopic (exact) mass is 620 g/mol. The molecule has 2 aliphatic heterocycles. The Morgan fingerprint density at radius 2 is 2.05 bits per heavy atom. The average molecular weight is 621 g/mol. The topological polar surface area (TPSA) is 75.0 Å². The molecular formula is C33H38F2N6O2S. The fourth-order valence-electron chi connectivity index (χ4n) is 6.11. The van der Waals surface area contributed by atoms with Gasteiger partial charge in [0, 0.05) is 37.0 Å². The molecule has 0 spiro atoms. The predicted octanol–water partition coefficient (Wildman–Crippen LogP) is 6.52. The van der Waals surface area contributed by atoms with E-state index in [9.17, 15) is 13.6 Å². The zero-order valence-corrected chi connectivity index (χ0v) is 25.9. The van der Waals surface area contributed by atoms with Crippen LogP contribution < -0.4 is 10.2 Å². The van der Waals surface area contributed by atoms with Gasteiger partial charge in [0.05, 0.1) is 31.0 Å². The Labute approximate surface area is 260 Å². The second kappa shape index (κ2) is 13.5.